The van der Waals surface area contributed by atoms with E-state index in [2.05, 4.69) is 64.2 Å². The fourth-order valence-electron chi connectivity index (χ4n) is 5.33. The molecule has 2 aliphatic heterocycles. The van der Waals surface area contributed by atoms with Gasteiger partial charge in [-0.2, -0.15) is 0 Å². The van der Waals surface area contributed by atoms with Crippen LogP contribution in [0, 0.1) is 0 Å². The second-order valence-corrected chi connectivity index (χ2v) is 8.72. The Balaban J connectivity index is 1.59. The summed E-state index contributed by atoms with van der Waals surface area (Å²) < 4.78 is 18.1. The van der Waals surface area contributed by atoms with Crippen molar-refractivity contribution in [1.29, 1.82) is 0 Å². The summed E-state index contributed by atoms with van der Waals surface area (Å²) in [6.07, 6.45) is 0. The van der Waals surface area contributed by atoms with Gasteiger partial charge in [-0.15, -0.1) is 0 Å². The van der Waals surface area contributed by atoms with Crippen LogP contribution in [0.4, 0.5) is 11.4 Å². The topological polar surface area (TPSA) is 65.8 Å². The highest BCUT2D eigenvalue weighted by molar-refractivity contribution is 6.22. The molecule has 7 heteroatoms. The lowest BCUT2D eigenvalue weighted by Crippen LogP contribution is -2.28. The Kier molecular flexibility index (Phi) is 3.44. The molecule has 5 aromatic rings. The van der Waals surface area contributed by atoms with Gasteiger partial charge in [-0.1, -0.05) is 0 Å². The van der Waals surface area contributed by atoms with Crippen molar-refractivity contribution < 1.29 is 14.2 Å². The van der Waals surface area contributed by atoms with E-state index in [0.29, 0.717) is 13.2 Å². The highest BCUT2D eigenvalue weighted by atomic mass is 16.5. The predicted octanol–water partition coefficient (Wildman–Crippen LogP) is 4.62. The van der Waals surface area contributed by atoms with Crippen LogP contribution in [-0.2, 0) is 0 Å². The number of methoxy groups -OCH3 is 1. The van der Waals surface area contributed by atoms with E-state index in [-0.39, 0.29) is 0 Å². The molecule has 3 aromatic carbocycles. The molecule has 2 aliphatic rings. The summed E-state index contributed by atoms with van der Waals surface area (Å²) >= 11 is 0. The first-order valence-corrected chi connectivity index (χ1v) is 11.0. The van der Waals surface area contributed by atoms with Crippen LogP contribution in [0.3, 0.4) is 0 Å². The van der Waals surface area contributed by atoms with Gasteiger partial charge < -0.3 is 34.0 Å². The molecule has 0 unspecified atom stereocenters. The fraction of sp³-hybridized carbons (Fsp3) is 0.280. The minimum Gasteiger partial charge on any atom is -0.492 e. The van der Waals surface area contributed by atoms with Crippen molar-refractivity contribution in [3.63, 3.8) is 0 Å². The molecule has 0 saturated carbocycles. The minimum absolute atomic E-state index is 0.681. The number of likely N-dealkylation sites (N-methyl/N-ethyl adjacent to an activating group) is 2. The quantitative estimate of drug-likeness (QED) is 0.408. The second kappa shape index (κ2) is 6.16. The number of H-pyrrole nitrogens is 2. The number of anilines is 2. The second-order valence-electron chi connectivity index (χ2n) is 8.72. The number of ether oxygens (including phenoxy) is 3. The Labute approximate surface area is 184 Å². The summed E-state index contributed by atoms with van der Waals surface area (Å²) in [5.74, 6) is 2.63. The van der Waals surface area contributed by atoms with Crippen LogP contribution >= 0.6 is 0 Å². The Morgan fingerprint density at radius 1 is 0.719 bits per heavy atom. The van der Waals surface area contributed by atoms with Crippen molar-refractivity contribution in [2.75, 3.05) is 57.3 Å². The summed E-state index contributed by atoms with van der Waals surface area (Å²) in [6, 6.07) is 10.9. The lowest BCUT2D eigenvalue weighted by molar-refractivity contribution is 0.314. The molecule has 0 saturated heterocycles. The van der Waals surface area contributed by atoms with Gasteiger partial charge in [-0.3, -0.25) is 0 Å². The molecule has 0 bridgehead atoms. The molecule has 0 spiro atoms. The molecule has 7 rings (SSSR count). The minimum atomic E-state index is 0.681. The number of aromatic amines is 2. The molecule has 162 valence electrons. The number of hydrogen-bond acceptors (Lipinski definition) is 5. The highest BCUT2D eigenvalue weighted by Gasteiger charge is 2.25. The van der Waals surface area contributed by atoms with E-state index in [0.717, 1.165) is 85.3 Å². The number of nitrogens with zero attached hydrogens (tertiary/aromatic N) is 2. The Morgan fingerprint density at radius 3 is 1.69 bits per heavy atom. The average molecular weight is 428 g/mol. The standard InChI is InChI=1S/C25H24N4O3/c1-28-8-10-31-23-17(28)6-4-13-15-12-16-14-5-7-18-24(32-11-9-29(18)2)20(14)27-22(16)25(30-3)21(15)26-19(13)23/h4-7,12,26-27H,8-11H2,1-3H3. The third-order valence-corrected chi connectivity index (χ3v) is 7.01. The lowest BCUT2D eigenvalue weighted by atomic mass is 10.1. The number of rotatable bonds is 1. The zero-order valence-corrected chi connectivity index (χ0v) is 18.3. The van der Waals surface area contributed by atoms with Crippen LogP contribution in [0.15, 0.2) is 30.3 Å². The van der Waals surface area contributed by atoms with Gasteiger partial charge in [0.1, 0.15) is 13.2 Å². The van der Waals surface area contributed by atoms with Gasteiger partial charge in [-0.25, -0.2) is 0 Å². The van der Waals surface area contributed by atoms with Crippen LogP contribution in [0.5, 0.6) is 17.2 Å². The molecule has 32 heavy (non-hydrogen) atoms. The molecule has 2 aromatic heterocycles. The molecular weight excluding hydrogens is 404 g/mol. The van der Waals surface area contributed by atoms with E-state index < -0.39 is 0 Å². The van der Waals surface area contributed by atoms with Crippen molar-refractivity contribution in [2.45, 2.75) is 0 Å². The first-order chi connectivity index (χ1) is 15.7. The zero-order valence-electron chi connectivity index (χ0n) is 18.3. The van der Waals surface area contributed by atoms with Gasteiger partial charge in [-0.05, 0) is 30.3 Å². The molecule has 4 heterocycles. The molecule has 0 aliphatic carbocycles. The molecular formula is C25H24N4O3. The van der Waals surface area contributed by atoms with Gasteiger partial charge in [0, 0.05) is 35.6 Å². The maximum absolute atomic E-state index is 6.09. The summed E-state index contributed by atoms with van der Waals surface area (Å²) in [6.45, 7) is 3.14. The van der Waals surface area contributed by atoms with Crippen LogP contribution in [0.2, 0.25) is 0 Å². The normalized spacial score (nSPS) is 15.8. The van der Waals surface area contributed by atoms with Crippen molar-refractivity contribution >= 4 is 55.0 Å². The maximum Gasteiger partial charge on any atom is 0.166 e. The van der Waals surface area contributed by atoms with E-state index in [1.54, 1.807) is 7.11 Å². The van der Waals surface area contributed by atoms with Crippen molar-refractivity contribution in [2.24, 2.45) is 0 Å². The number of fused-ring (bicyclic) bond motifs is 10. The average Bonchev–Trinajstić information content (AvgIpc) is 3.37. The van der Waals surface area contributed by atoms with E-state index in [9.17, 15) is 0 Å². The maximum atomic E-state index is 6.09. The number of aromatic nitrogens is 2. The summed E-state index contributed by atoms with van der Waals surface area (Å²) in [5.41, 5.74) is 6.19. The lowest BCUT2D eigenvalue weighted by Gasteiger charge is -2.27. The monoisotopic (exact) mass is 428 g/mol. The number of benzene rings is 3. The van der Waals surface area contributed by atoms with Crippen LogP contribution < -0.4 is 24.0 Å². The molecule has 2 N–H and O–H groups in total. The SMILES string of the molecule is COc1c2[nH]c3c4c(ccc3c2cc2c1[nH]c1c3c(ccc12)N(C)CCO3)N(C)CCO4. The van der Waals surface area contributed by atoms with Crippen molar-refractivity contribution in [3.05, 3.63) is 30.3 Å². The Hall–Kier alpha value is -3.74. The fourth-order valence-corrected chi connectivity index (χ4v) is 5.33. The van der Waals surface area contributed by atoms with Gasteiger partial charge >= 0.3 is 0 Å². The Bertz CT molecular complexity index is 1450. The van der Waals surface area contributed by atoms with Gasteiger partial charge in [0.25, 0.3) is 0 Å². The molecule has 0 atom stereocenters. The zero-order chi connectivity index (χ0) is 21.6. The van der Waals surface area contributed by atoms with E-state index >= 15 is 0 Å². The van der Waals surface area contributed by atoms with Crippen LogP contribution in [-0.4, -0.2) is 57.5 Å². The van der Waals surface area contributed by atoms with Crippen LogP contribution in [0.1, 0.15) is 0 Å². The van der Waals surface area contributed by atoms with Crippen molar-refractivity contribution in [1.82, 2.24) is 9.97 Å². The third-order valence-electron chi connectivity index (χ3n) is 7.01. The van der Waals surface area contributed by atoms with Gasteiger partial charge in [0.2, 0.25) is 0 Å². The largest absolute Gasteiger partial charge is 0.492 e. The molecule has 0 radical (unpaired) electrons. The molecule has 7 nitrogen and oxygen atoms in total. The smallest absolute Gasteiger partial charge is 0.166 e. The molecule has 0 amide bonds. The predicted molar refractivity (Wildman–Crippen MR) is 129 cm³/mol. The van der Waals surface area contributed by atoms with E-state index in [1.807, 2.05) is 0 Å². The van der Waals surface area contributed by atoms with E-state index in [1.165, 1.54) is 0 Å². The number of nitrogens with one attached hydrogen (secondary N) is 2. The Morgan fingerprint density at radius 2 is 1.22 bits per heavy atom. The summed E-state index contributed by atoms with van der Waals surface area (Å²) in [7, 11) is 5.93. The first-order valence-electron chi connectivity index (χ1n) is 11.0. The first kappa shape index (κ1) is 17.9. The van der Waals surface area contributed by atoms with Crippen LogP contribution in [0.25, 0.3) is 43.6 Å². The molecule has 0 fully saturated rings. The summed E-state index contributed by atoms with van der Waals surface area (Å²) in [5, 5.41) is 4.52. The van der Waals surface area contributed by atoms with Gasteiger partial charge in [0.15, 0.2) is 17.2 Å². The highest BCUT2D eigenvalue weighted by Crippen LogP contribution is 2.47. The van der Waals surface area contributed by atoms with Gasteiger partial charge in [0.05, 0.1) is 53.6 Å². The van der Waals surface area contributed by atoms with Crippen molar-refractivity contribution in [3.8, 4) is 17.2 Å². The third kappa shape index (κ3) is 2.15. The van der Waals surface area contributed by atoms with E-state index in [4.69, 9.17) is 14.2 Å². The summed E-state index contributed by atoms with van der Waals surface area (Å²) in [4.78, 5) is 11.7. The number of hydrogen-bond donors (Lipinski definition) is 2.